The standard InChI is InChI=1S/C33H30ClN3O4S/c1-22-7-5-10-27(17-22)36-16-15-35(20-23(36)2)32(38)25-13-14-31-29(19-25)37(21-24-8-6-9-26(34)18-24)33(39)28-11-3-4-12-30(28)42(31,40)41/h3-14,17-19,23H,15-16,20-21H2,1-2H3. The molecule has 42 heavy (non-hydrogen) atoms. The summed E-state index contributed by atoms with van der Waals surface area (Å²) in [6, 6.07) is 26.2. The smallest absolute Gasteiger partial charge is 0.259 e. The van der Waals surface area contributed by atoms with E-state index >= 15 is 0 Å². The van der Waals surface area contributed by atoms with Crippen LogP contribution in [0.2, 0.25) is 5.02 Å². The third-order valence-electron chi connectivity index (χ3n) is 7.92. The number of carbonyl (C=O) groups excluding carboxylic acids is 2. The molecule has 2 amide bonds. The monoisotopic (exact) mass is 599 g/mol. The van der Waals surface area contributed by atoms with Crippen molar-refractivity contribution < 1.29 is 18.0 Å². The van der Waals surface area contributed by atoms with Crippen LogP contribution in [0.3, 0.4) is 0 Å². The first-order chi connectivity index (χ1) is 20.1. The van der Waals surface area contributed by atoms with Crippen LogP contribution in [-0.2, 0) is 16.4 Å². The highest BCUT2D eigenvalue weighted by molar-refractivity contribution is 7.91. The number of amides is 2. The quantitative estimate of drug-likeness (QED) is 0.288. The minimum Gasteiger partial charge on any atom is -0.365 e. The summed E-state index contributed by atoms with van der Waals surface area (Å²) in [5.41, 5.74) is 3.63. The fourth-order valence-electron chi connectivity index (χ4n) is 5.83. The summed E-state index contributed by atoms with van der Waals surface area (Å²) in [6.07, 6.45) is 0. The molecule has 0 N–H and O–H groups in total. The van der Waals surface area contributed by atoms with Crippen molar-refractivity contribution in [1.29, 1.82) is 0 Å². The normalized spacial score (nSPS) is 17.8. The largest absolute Gasteiger partial charge is 0.365 e. The summed E-state index contributed by atoms with van der Waals surface area (Å²) in [7, 11) is -4.04. The minimum absolute atomic E-state index is 0.0167. The highest BCUT2D eigenvalue weighted by Crippen LogP contribution is 2.38. The zero-order valence-electron chi connectivity index (χ0n) is 23.3. The summed E-state index contributed by atoms with van der Waals surface area (Å²) in [5, 5.41) is 0.505. The molecule has 7 nitrogen and oxygen atoms in total. The van der Waals surface area contributed by atoms with Gasteiger partial charge in [0, 0.05) is 41.9 Å². The predicted octanol–water partition coefficient (Wildman–Crippen LogP) is 5.99. The molecule has 214 valence electrons. The number of piperazine rings is 1. The topological polar surface area (TPSA) is 78.0 Å². The third-order valence-corrected chi connectivity index (χ3v) is 10.0. The van der Waals surface area contributed by atoms with Gasteiger partial charge >= 0.3 is 0 Å². The number of aryl methyl sites for hydroxylation is 1. The van der Waals surface area contributed by atoms with E-state index in [-0.39, 0.29) is 39.5 Å². The molecule has 2 aliphatic heterocycles. The lowest BCUT2D eigenvalue weighted by Crippen LogP contribution is -2.53. The molecular weight excluding hydrogens is 570 g/mol. The van der Waals surface area contributed by atoms with Gasteiger partial charge in [-0.25, -0.2) is 8.42 Å². The number of sulfone groups is 1. The lowest BCUT2D eigenvalue weighted by atomic mass is 10.1. The van der Waals surface area contributed by atoms with E-state index < -0.39 is 15.7 Å². The molecule has 1 saturated heterocycles. The Morgan fingerprint density at radius 2 is 1.69 bits per heavy atom. The number of nitrogens with zero attached hydrogens (tertiary/aromatic N) is 3. The molecular formula is C33H30ClN3O4S. The van der Waals surface area contributed by atoms with Gasteiger partial charge in [-0.1, -0.05) is 48.0 Å². The van der Waals surface area contributed by atoms with Crippen molar-refractivity contribution in [1.82, 2.24) is 4.90 Å². The molecule has 1 unspecified atom stereocenters. The molecule has 0 saturated carbocycles. The van der Waals surface area contributed by atoms with Crippen LogP contribution in [0.1, 0.15) is 38.8 Å². The molecule has 0 bridgehead atoms. The van der Waals surface area contributed by atoms with Crippen molar-refractivity contribution in [3.8, 4) is 0 Å². The lowest BCUT2D eigenvalue weighted by molar-refractivity contribution is 0.0726. The van der Waals surface area contributed by atoms with E-state index in [0.717, 1.165) is 11.3 Å². The molecule has 0 radical (unpaired) electrons. The van der Waals surface area contributed by atoms with Crippen LogP contribution in [0.25, 0.3) is 0 Å². The number of halogens is 1. The van der Waals surface area contributed by atoms with Gasteiger partial charge in [-0.2, -0.15) is 0 Å². The van der Waals surface area contributed by atoms with Gasteiger partial charge in [0.2, 0.25) is 9.84 Å². The van der Waals surface area contributed by atoms with Crippen LogP contribution in [0.5, 0.6) is 0 Å². The highest BCUT2D eigenvalue weighted by Gasteiger charge is 2.37. The molecule has 1 atom stereocenters. The first-order valence-corrected chi connectivity index (χ1v) is 15.7. The van der Waals surface area contributed by atoms with Crippen molar-refractivity contribution in [3.63, 3.8) is 0 Å². The predicted molar refractivity (Wildman–Crippen MR) is 164 cm³/mol. The molecule has 9 heteroatoms. The van der Waals surface area contributed by atoms with E-state index in [4.69, 9.17) is 11.6 Å². The number of hydrogen-bond acceptors (Lipinski definition) is 5. The zero-order valence-corrected chi connectivity index (χ0v) is 24.9. The Hall–Kier alpha value is -4.14. The number of hydrogen-bond donors (Lipinski definition) is 0. The molecule has 2 heterocycles. The SMILES string of the molecule is Cc1cccc(N2CCN(C(=O)c3ccc4c(c3)N(Cc3cccc(Cl)c3)C(=O)c3ccccc3S4(=O)=O)CC2C)c1. The molecule has 4 aromatic rings. The molecule has 6 rings (SSSR count). The molecule has 0 spiro atoms. The van der Waals surface area contributed by atoms with Crippen molar-refractivity contribution in [2.75, 3.05) is 29.4 Å². The summed E-state index contributed by atoms with van der Waals surface area (Å²) >= 11 is 6.23. The van der Waals surface area contributed by atoms with Gasteiger partial charge in [0.15, 0.2) is 0 Å². The van der Waals surface area contributed by atoms with Crippen LogP contribution >= 0.6 is 11.6 Å². The maximum absolute atomic E-state index is 13.9. The number of carbonyl (C=O) groups is 2. The van der Waals surface area contributed by atoms with Gasteiger partial charge in [-0.3, -0.25) is 9.59 Å². The van der Waals surface area contributed by atoms with E-state index in [1.54, 1.807) is 47.4 Å². The molecule has 4 aromatic carbocycles. The fourth-order valence-corrected chi connectivity index (χ4v) is 7.67. The number of fused-ring (bicyclic) bond motifs is 2. The summed E-state index contributed by atoms with van der Waals surface area (Å²) < 4.78 is 27.7. The average molecular weight is 600 g/mol. The van der Waals surface area contributed by atoms with Gasteiger partial charge in [0.05, 0.1) is 27.6 Å². The Morgan fingerprint density at radius 3 is 2.45 bits per heavy atom. The Kier molecular flexibility index (Phi) is 7.29. The minimum atomic E-state index is -4.04. The fraction of sp³-hybridized carbons (Fsp3) is 0.212. The van der Waals surface area contributed by atoms with Gasteiger partial charge in [-0.05, 0) is 79.6 Å². The maximum Gasteiger partial charge on any atom is 0.259 e. The second-order valence-electron chi connectivity index (χ2n) is 10.8. The molecule has 2 aliphatic rings. The van der Waals surface area contributed by atoms with Gasteiger partial charge < -0.3 is 14.7 Å². The van der Waals surface area contributed by atoms with Crippen molar-refractivity contribution in [2.45, 2.75) is 36.2 Å². The van der Waals surface area contributed by atoms with Crippen LogP contribution in [0, 0.1) is 6.92 Å². The first-order valence-electron chi connectivity index (χ1n) is 13.8. The van der Waals surface area contributed by atoms with Crippen molar-refractivity contribution >= 4 is 44.6 Å². The van der Waals surface area contributed by atoms with Gasteiger partial charge in [0.25, 0.3) is 11.8 Å². The van der Waals surface area contributed by atoms with E-state index in [1.807, 2.05) is 12.1 Å². The summed E-state index contributed by atoms with van der Waals surface area (Å²) in [6.45, 7) is 5.94. The number of benzene rings is 4. The Bertz CT molecular complexity index is 1820. The van der Waals surface area contributed by atoms with Crippen LogP contribution in [-0.4, -0.2) is 50.8 Å². The van der Waals surface area contributed by atoms with E-state index in [9.17, 15) is 18.0 Å². The highest BCUT2D eigenvalue weighted by atomic mass is 35.5. The summed E-state index contributed by atoms with van der Waals surface area (Å²) in [4.78, 5) is 33.2. The summed E-state index contributed by atoms with van der Waals surface area (Å²) in [5.74, 6) is -0.666. The van der Waals surface area contributed by atoms with E-state index in [0.29, 0.717) is 30.2 Å². The molecule has 1 fully saturated rings. The van der Waals surface area contributed by atoms with E-state index in [1.165, 1.54) is 28.7 Å². The Morgan fingerprint density at radius 1 is 0.905 bits per heavy atom. The Labute approximate surface area is 250 Å². The zero-order chi connectivity index (χ0) is 29.6. The van der Waals surface area contributed by atoms with Crippen molar-refractivity contribution in [3.05, 3.63) is 118 Å². The van der Waals surface area contributed by atoms with Crippen LogP contribution < -0.4 is 9.80 Å². The van der Waals surface area contributed by atoms with Crippen molar-refractivity contribution in [2.24, 2.45) is 0 Å². The second kappa shape index (κ2) is 10.9. The third kappa shape index (κ3) is 5.05. The lowest BCUT2D eigenvalue weighted by Gasteiger charge is -2.41. The maximum atomic E-state index is 13.9. The first kappa shape index (κ1) is 28.0. The Balaban J connectivity index is 1.37. The second-order valence-corrected chi connectivity index (χ2v) is 13.2. The van der Waals surface area contributed by atoms with Crippen LogP contribution in [0.15, 0.2) is 101 Å². The molecule has 0 aliphatic carbocycles. The number of anilines is 2. The number of rotatable bonds is 4. The molecule has 0 aromatic heterocycles. The van der Waals surface area contributed by atoms with E-state index in [2.05, 4.69) is 36.9 Å². The van der Waals surface area contributed by atoms with Gasteiger partial charge in [-0.15, -0.1) is 0 Å². The van der Waals surface area contributed by atoms with Crippen LogP contribution in [0.4, 0.5) is 11.4 Å². The van der Waals surface area contributed by atoms with Gasteiger partial charge in [0.1, 0.15) is 0 Å². The average Bonchev–Trinajstić information content (AvgIpc) is 3.04.